The SMILES string of the molecule is COc1ccccc1NC(=O)CN(Cc1ccco1)C(=O)c1ccc(-c2ccccc2)cc1. The van der Waals surface area contributed by atoms with E-state index in [2.05, 4.69) is 5.32 Å². The average Bonchev–Trinajstić information content (AvgIpc) is 3.37. The minimum absolute atomic E-state index is 0.141. The van der Waals surface area contributed by atoms with Crippen molar-refractivity contribution < 1.29 is 18.7 Å². The van der Waals surface area contributed by atoms with Crippen LogP contribution in [0.3, 0.4) is 0 Å². The van der Waals surface area contributed by atoms with Crippen molar-refractivity contribution in [2.45, 2.75) is 6.54 Å². The van der Waals surface area contributed by atoms with E-state index in [0.29, 0.717) is 22.8 Å². The Bertz CT molecular complexity index is 1200. The molecule has 1 aromatic heterocycles. The first kappa shape index (κ1) is 21.9. The zero-order chi connectivity index (χ0) is 23.0. The van der Waals surface area contributed by atoms with Crippen LogP contribution in [0.15, 0.2) is 102 Å². The molecular weight excluding hydrogens is 416 g/mol. The number of benzene rings is 3. The van der Waals surface area contributed by atoms with Gasteiger partial charge in [0.05, 0.1) is 25.6 Å². The van der Waals surface area contributed by atoms with Crippen LogP contribution < -0.4 is 10.1 Å². The van der Waals surface area contributed by atoms with E-state index < -0.39 is 0 Å². The van der Waals surface area contributed by atoms with Gasteiger partial charge in [0.2, 0.25) is 5.91 Å². The smallest absolute Gasteiger partial charge is 0.254 e. The van der Waals surface area contributed by atoms with E-state index in [1.807, 2.05) is 48.5 Å². The van der Waals surface area contributed by atoms with Gasteiger partial charge in [-0.3, -0.25) is 9.59 Å². The fourth-order valence-electron chi connectivity index (χ4n) is 3.52. The van der Waals surface area contributed by atoms with Gasteiger partial charge in [0.15, 0.2) is 0 Å². The van der Waals surface area contributed by atoms with Crippen molar-refractivity contribution in [3.63, 3.8) is 0 Å². The molecule has 4 rings (SSSR count). The number of carbonyl (C=O) groups is 2. The Kier molecular flexibility index (Phi) is 6.85. The molecule has 0 bridgehead atoms. The molecular formula is C27H24N2O4. The third-order valence-corrected chi connectivity index (χ3v) is 5.17. The molecule has 4 aromatic rings. The lowest BCUT2D eigenvalue weighted by molar-refractivity contribution is -0.117. The molecule has 0 aliphatic heterocycles. The summed E-state index contributed by atoms with van der Waals surface area (Å²) in [7, 11) is 1.54. The number of methoxy groups -OCH3 is 1. The Morgan fingerprint density at radius 2 is 1.55 bits per heavy atom. The maximum atomic E-state index is 13.3. The highest BCUT2D eigenvalue weighted by Gasteiger charge is 2.21. The zero-order valence-electron chi connectivity index (χ0n) is 18.2. The van der Waals surface area contributed by atoms with Gasteiger partial charge in [-0.05, 0) is 47.5 Å². The summed E-state index contributed by atoms with van der Waals surface area (Å²) < 4.78 is 10.7. The summed E-state index contributed by atoms with van der Waals surface area (Å²) in [6.45, 7) is 0.0314. The van der Waals surface area contributed by atoms with Crippen LogP contribution in [-0.4, -0.2) is 30.4 Å². The van der Waals surface area contributed by atoms with Gasteiger partial charge in [-0.25, -0.2) is 0 Å². The van der Waals surface area contributed by atoms with E-state index in [9.17, 15) is 9.59 Å². The largest absolute Gasteiger partial charge is 0.495 e. The Labute approximate surface area is 192 Å². The van der Waals surface area contributed by atoms with E-state index in [1.165, 1.54) is 12.0 Å². The molecule has 0 spiro atoms. The lowest BCUT2D eigenvalue weighted by atomic mass is 10.0. The van der Waals surface area contributed by atoms with E-state index in [-0.39, 0.29) is 24.9 Å². The first-order valence-corrected chi connectivity index (χ1v) is 10.5. The second kappa shape index (κ2) is 10.3. The van der Waals surface area contributed by atoms with Gasteiger partial charge in [-0.2, -0.15) is 0 Å². The lowest BCUT2D eigenvalue weighted by Gasteiger charge is -2.22. The Hall–Kier alpha value is -4.32. The van der Waals surface area contributed by atoms with Crippen molar-refractivity contribution in [2.75, 3.05) is 19.0 Å². The van der Waals surface area contributed by atoms with Crippen molar-refractivity contribution in [3.8, 4) is 16.9 Å². The number of hydrogen-bond acceptors (Lipinski definition) is 4. The predicted octanol–water partition coefficient (Wildman–Crippen LogP) is 5.24. The molecule has 0 radical (unpaired) electrons. The monoisotopic (exact) mass is 440 g/mol. The molecule has 0 atom stereocenters. The maximum absolute atomic E-state index is 13.3. The van der Waals surface area contributed by atoms with Crippen molar-refractivity contribution in [2.24, 2.45) is 0 Å². The summed E-state index contributed by atoms with van der Waals surface area (Å²) in [6, 6.07) is 28.0. The molecule has 1 heterocycles. The quantitative estimate of drug-likeness (QED) is 0.407. The van der Waals surface area contributed by atoms with Crippen molar-refractivity contribution in [3.05, 3.63) is 109 Å². The Morgan fingerprint density at radius 1 is 0.848 bits per heavy atom. The molecule has 0 aliphatic rings. The summed E-state index contributed by atoms with van der Waals surface area (Å²) in [6.07, 6.45) is 1.54. The molecule has 0 saturated carbocycles. The zero-order valence-corrected chi connectivity index (χ0v) is 18.2. The molecule has 33 heavy (non-hydrogen) atoms. The topological polar surface area (TPSA) is 71.8 Å². The number of anilines is 1. The summed E-state index contributed by atoms with van der Waals surface area (Å²) in [4.78, 5) is 27.6. The molecule has 6 heteroatoms. The highest BCUT2D eigenvalue weighted by Crippen LogP contribution is 2.23. The number of nitrogens with zero attached hydrogens (tertiary/aromatic N) is 1. The highest BCUT2D eigenvalue weighted by molar-refractivity contribution is 6.00. The van der Waals surface area contributed by atoms with Crippen LogP contribution in [0.25, 0.3) is 11.1 Å². The van der Waals surface area contributed by atoms with Gasteiger partial charge in [0, 0.05) is 5.56 Å². The van der Waals surface area contributed by atoms with Crippen LogP contribution in [-0.2, 0) is 11.3 Å². The second-order valence-electron chi connectivity index (χ2n) is 7.43. The van der Waals surface area contributed by atoms with Gasteiger partial charge < -0.3 is 19.4 Å². The van der Waals surface area contributed by atoms with Gasteiger partial charge in [0.1, 0.15) is 18.1 Å². The third kappa shape index (κ3) is 5.49. The van der Waals surface area contributed by atoms with Crippen LogP contribution in [0.1, 0.15) is 16.1 Å². The molecule has 166 valence electrons. The van der Waals surface area contributed by atoms with E-state index >= 15 is 0 Å². The summed E-state index contributed by atoms with van der Waals surface area (Å²) in [5, 5.41) is 2.82. The number of hydrogen-bond donors (Lipinski definition) is 1. The summed E-state index contributed by atoms with van der Waals surface area (Å²) >= 11 is 0. The normalized spacial score (nSPS) is 10.5. The molecule has 2 amide bonds. The van der Waals surface area contributed by atoms with E-state index in [0.717, 1.165) is 11.1 Å². The minimum atomic E-state index is -0.333. The van der Waals surface area contributed by atoms with Crippen molar-refractivity contribution >= 4 is 17.5 Å². The van der Waals surface area contributed by atoms with E-state index in [4.69, 9.17) is 9.15 Å². The summed E-state index contributed by atoms with van der Waals surface area (Å²) in [5.74, 6) is 0.544. The number of rotatable bonds is 8. The average molecular weight is 440 g/mol. The van der Waals surface area contributed by atoms with Crippen molar-refractivity contribution in [1.29, 1.82) is 0 Å². The molecule has 0 aliphatic carbocycles. The number of amides is 2. The van der Waals surface area contributed by atoms with Crippen LogP contribution in [0.2, 0.25) is 0 Å². The maximum Gasteiger partial charge on any atom is 0.254 e. The van der Waals surface area contributed by atoms with Gasteiger partial charge in [0.25, 0.3) is 5.91 Å². The Balaban J connectivity index is 1.52. The van der Waals surface area contributed by atoms with Crippen LogP contribution >= 0.6 is 0 Å². The molecule has 0 saturated heterocycles. The van der Waals surface area contributed by atoms with Crippen LogP contribution in [0.4, 0.5) is 5.69 Å². The van der Waals surface area contributed by atoms with E-state index in [1.54, 1.807) is 48.7 Å². The van der Waals surface area contributed by atoms with Crippen LogP contribution in [0.5, 0.6) is 5.75 Å². The number of ether oxygens (including phenoxy) is 1. The van der Waals surface area contributed by atoms with Crippen LogP contribution in [0, 0.1) is 0 Å². The molecule has 0 unspecified atom stereocenters. The highest BCUT2D eigenvalue weighted by atomic mass is 16.5. The molecule has 0 fully saturated rings. The molecule has 6 nitrogen and oxygen atoms in total. The summed E-state index contributed by atoms with van der Waals surface area (Å²) in [5.41, 5.74) is 3.12. The standard InChI is InChI=1S/C27H24N2O4/c1-32-25-12-6-5-11-24(25)28-26(30)19-29(18-23-10-7-17-33-23)27(31)22-15-13-21(14-16-22)20-8-3-2-4-9-20/h2-17H,18-19H2,1H3,(H,28,30). The second-order valence-corrected chi connectivity index (χ2v) is 7.43. The first-order valence-electron chi connectivity index (χ1n) is 10.5. The predicted molar refractivity (Wildman–Crippen MR) is 127 cm³/mol. The third-order valence-electron chi connectivity index (χ3n) is 5.17. The van der Waals surface area contributed by atoms with Gasteiger partial charge >= 0.3 is 0 Å². The van der Waals surface area contributed by atoms with Gasteiger partial charge in [-0.1, -0.05) is 54.6 Å². The Morgan fingerprint density at radius 3 is 2.24 bits per heavy atom. The van der Waals surface area contributed by atoms with Crippen molar-refractivity contribution in [1.82, 2.24) is 4.90 Å². The first-order chi connectivity index (χ1) is 16.1. The number of furan rings is 1. The lowest BCUT2D eigenvalue weighted by Crippen LogP contribution is -2.37. The molecule has 1 N–H and O–H groups in total. The fourth-order valence-corrected chi connectivity index (χ4v) is 3.52. The number of carbonyl (C=O) groups excluding carboxylic acids is 2. The number of para-hydroxylation sites is 2. The molecule has 3 aromatic carbocycles. The fraction of sp³-hybridized carbons (Fsp3) is 0.111. The number of nitrogens with one attached hydrogen (secondary N) is 1. The van der Waals surface area contributed by atoms with Gasteiger partial charge in [-0.15, -0.1) is 0 Å². The minimum Gasteiger partial charge on any atom is -0.495 e.